The Hall–Kier alpha value is -5.60. The molecule has 10 rings (SSSR count). The van der Waals surface area contributed by atoms with Crippen molar-refractivity contribution in [2.75, 3.05) is 0 Å². The Kier molecular flexibility index (Phi) is 5.15. The average molecular weight is 587 g/mol. The van der Waals surface area contributed by atoms with E-state index in [1.807, 2.05) is 0 Å². The van der Waals surface area contributed by atoms with E-state index in [1.165, 1.54) is 44.2 Å². The second-order valence-electron chi connectivity index (χ2n) is 13.2. The number of hydrogen-bond donors (Lipinski definition) is 0. The van der Waals surface area contributed by atoms with E-state index >= 15 is 0 Å². The predicted octanol–water partition coefficient (Wildman–Crippen LogP) is 10.6. The fourth-order valence-corrected chi connectivity index (χ4v) is 8.82. The van der Waals surface area contributed by atoms with Gasteiger partial charge in [-0.25, -0.2) is 9.97 Å². The molecule has 0 saturated heterocycles. The highest BCUT2D eigenvalue weighted by Crippen LogP contribution is 2.66. The molecule has 8 aromatic rings. The Morgan fingerprint density at radius 3 is 1.43 bits per heavy atom. The molecular formula is C44H30N2. The van der Waals surface area contributed by atoms with Crippen LogP contribution in [-0.2, 0) is 10.8 Å². The van der Waals surface area contributed by atoms with Gasteiger partial charge in [-0.15, -0.1) is 0 Å². The van der Waals surface area contributed by atoms with Crippen LogP contribution in [0.4, 0.5) is 0 Å². The Bertz CT molecular complexity index is 2460. The molecule has 0 N–H and O–H groups in total. The molecule has 216 valence electrons. The summed E-state index contributed by atoms with van der Waals surface area (Å²) in [6.45, 7) is 2.42. The lowest BCUT2D eigenvalue weighted by molar-refractivity contribution is 0.527. The van der Waals surface area contributed by atoms with E-state index in [0.717, 1.165) is 45.2 Å². The molecule has 2 nitrogen and oxygen atoms in total. The topological polar surface area (TPSA) is 25.8 Å². The van der Waals surface area contributed by atoms with Crippen LogP contribution in [-0.4, -0.2) is 9.97 Å². The molecule has 2 aliphatic carbocycles. The van der Waals surface area contributed by atoms with Gasteiger partial charge >= 0.3 is 0 Å². The zero-order chi connectivity index (χ0) is 30.5. The summed E-state index contributed by atoms with van der Waals surface area (Å²) in [5.41, 5.74) is 12.5. The Labute approximate surface area is 268 Å². The van der Waals surface area contributed by atoms with Crippen LogP contribution in [0.5, 0.6) is 0 Å². The van der Waals surface area contributed by atoms with Gasteiger partial charge in [0.15, 0.2) is 0 Å². The molecule has 0 radical (unpaired) electrons. The molecule has 1 aromatic heterocycles. The molecule has 2 bridgehead atoms. The fourth-order valence-electron chi connectivity index (χ4n) is 8.82. The number of benzene rings is 7. The minimum Gasteiger partial charge on any atom is -0.247 e. The molecule has 0 saturated carbocycles. The maximum Gasteiger partial charge on any atom is 0.0979 e. The number of rotatable bonds is 3. The zero-order valence-corrected chi connectivity index (χ0v) is 25.5. The molecule has 46 heavy (non-hydrogen) atoms. The van der Waals surface area contributed by atoms with Gasteiger partial charge in [-0.05, 0) is 50.6 Å². The smallest absolute Gasteiger partial charge is 0.0979 e. The Balaban J connectivity index is 1.35. The quantitative estimate of drug-likeness (QED) is 0.193. The van der Waals surface area contributed by atoms with Crippen molar-refractivity contribution in [1.29, 1.82) is 0 Å². The van der Waals surface area contributed by atoms with Crippen LogP contribution in [0.2, 0.25) is 0 Å². The van der Waals surface area contributed by atoms with E-state index in [1.54, 1.807) is 0 Å². The highest BCUT2D eigenvalue weighted by atomic mass is 14.9. The standard InChI is InChI=1S/C44H30N2/c1-43-27-44(37-21-11-9-19-35(37)43,38-22-12-10-20-36(38)43)42-39(30-25-23-29(24-26-30)28-13-3-2-4-14-28)45-40-33-17-7-5-15-31(33)32-16-6-8-18-34(32)41(40)46-42/h2-26H,27H2,1H3. The van der Waals surface area contributed by atoms with E-state index in [-0.39, 0.29) is 5.41 Å². The van der Waals surface area contributed by atoms with Crippen molar-refractivity contribution in [2.45, 2.75) is 24.2 Å². The first kappa shape index (κ1) is 25.7. The highest BCUT2D eigenvalue weighted by Gasteiger charge is 2.61. The second kappa shape index (κ2) is 9.22. The van der Waals surface area contributed by atoms with Crippen LogP contribution in [0, 0.1) is 0 Å². The lowest BCUT2D eigenvalue weighted by Crippen LogP contribution is -2.28. The summed E-state index contributed by atoms with van der Waals surface area (Å²) in [5, 5.41) is 4.71. The second-order valence-corrected chi connectivity index (χ2v) is 13.2. The lowest BCUT2D eigenvalue weighted by Gasteiger charge is -2.33. The first-order chi connectivity index (χ1) is 22.7. The predicted molar refractivity (Wildman–Crippen MR) is 189 cm³/mol. The third-order valence-corrected chi connectivity index (χ3v) is 10.8. The van der Waals surface area contributed by atoms with Crippen LogP contribution in [0.3, 0.4) is 0 Å². The summed E-state index contributed by atoms with van der Waals surface area (Å²) in [7, 11) is 0. The van der Waals surface area contributed by atoms with Crippen LogP contribution >= 0.6 is 0 Å². The number of nitrogens with zero attached hydrogens (tertiary/aromatic N) is 2. The zero-order valence-electron chi connectivity index (χ0n) is 25.5. The van der Waals surface area contributed by atoms with Crippen molar-refractivity contribution < 1.29 is 0 Å². The van der Waals surface area contributed by atoms with Gasteiger partial charge in [0.2, 0.25) is 0 Å². The summed E-state index contributed by atoms with van der Waals surface area (Å²) < 4.78 is 0. The molecule has 2 aliphatic rings. The minimum absolute atomic E-state index is 0.0935. The third-order valence-electron chi connectivity index (χ3n) is 10.8. The van der Waals surface area contributed by atoms with Gasteiger partial charge in [0.25, 0.3) is 0 Å². The van der Waals surface area contributed by atoms with Gasteiger partial charge in [0, 0.05) is 21.8 Å². The summed E-state index contributed by atoms with van der Waals surface area (Å²) in [4.78, 5) is 11.5. The van der Waals surface area contributed by atoms with Crippen LogP contribution < -0.4 is 0 Å². The minimum atomic E-state index is -0.413. The molecule has 7 aromatic carbocycles. The molecule has 1 heterocycles. The molecule has 0 aliphatic heterocycles. The summed E-state index contributed by atoms with van der Waals surface area (Å²) in [6.07, 6.45) is 0.944. The first-order valence-corrected chi connectivity index (χ1v) is 16.1. The lowest BCUT2D eigenvalue weighted by atomic mass is 9.70. The van der Waals surface area contributed by atoms with E-state index < -0.39 is 5.41 Å². The largest absolute Gasteiger partial charge is 0.247 e. The normalized spacial score (nSPS) is 19.5. The molecule has 0 atom stereocenters. The highest BCUT2D eigenvalue weighted by molar-refractivity contribution is 6.23. The molecule has 0 amide bonds. The monoisotopic (exact) mass is 586 g/mol. The fraction of sp³-hybridized carbons (Fsp3) is 0.0909. The SMILES string of the molecule is CC12CC(c3nc4c5ccccc5c5ccccc5c4nc3-c3ccc(-c4ccccc4)cc3)(c3ccccc31)c1ccccc12. The Morgan fingerprint density at radius 2 is 0.848 bits per heavy atom. The van der Waals surface area contributed by atoms with Crippen molar-refractivity contribution in [1.82, 2.24) is 9.97 Å². The summed E-state index contributed by atoms with van der Waals surface area (Å²) >= 11 is 0. The molecule has 0 unspecified atom stereocenters. The van der Waals surface area contributed by atoms with Crippen LogP contribution in [0.25, 0.3) is 55.0 Å². The molecule has 0 fully saturated rings. The summed E-state index contributed by atoms with van der Waals surface area (Å²) in [5.74, 6) is 0. The van der Waals surface area contributed by atoms with Crippen molar-refractivity contribution >= 4 is 32.6 Å². The van der Waals surface area contributed by atoms with Gasteiger partial charge in [-0.1, -0.05) is 159 Å². The van der Waals surface area contributed by atoms with Crippen molar-refractivity contribution in [3.8, 4) is 22.4 Å². The number of hydrogen-bond acceptors (Lipinski definition) is 2. The molecule has 2 heteroatoms. The molecule has 0 spiro atoms. The van der Waals surface area contributed by atoms with Crippen molar-refractivity contribution in [3.63, 3.8) is 0 Å². The van der Waals surface area contributed by atoms with Gasteiger partial charge in [-0.3, -0.25) is 0 Å². The van der Waals surface area contributed by atoms with Crippen molar-refractivity contribution in [3.05, 3.63) is 180 Å². The average Bonchev–Trinajstić information content (AvgIpc) is 3.57. The third kappa shape index (κ3) is 3.26. The first-order valence-electron chi connectivity index (χ1n) is 16.1. The van der Waals surface area contributed by atoms with Gasteiger partial charge < -0.3 is 0 Å². The van der Waals surface area contributed by atoms with Gasteiger partial charge in [-0.2, -0.15) is 0 Å². The Morgan fingerprint density at radius 1 is 0.413 bits per heavy atom. The molecular weight excluding hydrogens is 556 g/mol. The summed E-state index contributed by atoms with van der Waals surface area (Å²) in [6, 6.07) is 55.0. The number of aromatic nitrogens is 2. The van der Waals surface area contributed by atoms with Gasteiger partial charge in [0.1, 0.15) is 0 Å². The van der Waals surface area contributed by atoms with Crippen LogP contribution in [0.1, 0.15) is 41.3 Å². The maximum absolute atomic E-state index is 5.83. The van der Waals surface area contributed by atoms with E-state index in [2.05, 4.69) is 159 Å². The van der Waals surface area contributed by atoms with E-state index in [0.29, 0.717) is 0 Å². The van der Waals surface area contributed by atoms with Crippen molar-refractivity contribution in [2.24, 2.45) is 0 Å². The van der Waals surface area contributed by atoms with E-state index in [4.69, 9.17) is 9.97 Å². The maximum atomic E-state index is 5.83. The van der Waals surface area contributed by atoms with Gasteiger partial charge in [0.05, 0.1) is 27.8 Å². The number of fused-ring (bicyclic) bond motifs is 14. The van der Waals surface area contributed by atoms with Crippen LogP contribution in [0.15, 0.2) is 152 Å². The van der Waals surface area contributed by atoms with E-state index in [9.17, 15) is 0 Å².